The fourth-order valence-corrected chi connectivity index (χ4v) is 0.445. The van der Waals surface area contributed by atoms with Crippen molar-refractivity contribution in [2.45, 2.75) is 0 Å². The van der Waals surface area contributed by atoms with Gasteiger partial charge in [-0.3, -0.25) is 0 Å². The van der Waals surface area contributed by atoms with Crippen LogP contribution in [-0.2, 0) is 4.74 Å². The predicted molar refractivity (Wildman–Crippen MR) is 39.0 cm³/mol. The highest BCUT2D eigenvalue weighted by Crippen LogP contribution is 1.75. The number of aliphatic hydroxyl groups excluding tert-OH is 1. The number of thiocarbonyl (C=S) groups is 1. The van der Waals surface area contributed by atoms with Crippen molar-refractivity contribution in [2.24, 2.45) is 0 Å². The van der Waals surface area contributed by atoms with E-state index in [0.717, 1.165) is 0 Å². The van der Waals surface area contributed by atoms with Crippen LogP contribution in [0.5, 0.6) is 0 Å². The molecule has 0 aliphatic heterocycles. The highest BCUT2D eigenvalue weighted by atomic mass is 32.1. The van der Waals surface area contributed by atoms with Crippen LogP contribution in [0, 0.1) is 0 Å². The Labute approximate surface area is 59.3 Å². The summed E-state index contributed by atoms with van der Waals surface area (Å²) in [5, 5.41) is 11.1. The highest BCUT2D eigenvalue weighted by molar-refractivity contribution is 7.80. The fraction of sp³-hybridized carbons (Fsp3) is 0.400. The summed E-state index contributed by atoms with van der Waals surface area (Å²) in [7, 11) is 0. The first-order valence-corrected chi connectivity index (χ1v) is 2.88. The van der Waals surface area contributed by atoms with Gasteiger partial charge in [0.05, 0.1) is 12.9 Å². The molecule has 0 aliphatic rings. The zero-order valence-electron chi connectivity index (χ0n) is 4.96. The van der Waals surface area contributed by atoms with Crippen molar-refractivity contribution in [1.29, 1.82) is 0 Å². The van der Waals surface area contributed by atoms with Gasteiger partial charge in [-0.05, 0) is 12.2 Å². The lowest BCUT2D eigenvalue weighted by Gasteiger charge is -2.02. The van der Waals surface area contributed by atoms with E-state index in [2.05, 4.69) is 28.9 Å². The van der Waals surface area contributed by atoms with E-state index in [1.54, 1.807) is 0 Å². The summed E-state index contributed by atoms with van der Waals surface area (Å²) in [6, 6.07) is 0. The molecule has 0 rings (SSSR count). The van der Waals surface area contributed by atoms with E-state index < -0.39 is 0 Å². The number of nitrogens with one attached hydrogen (secondary N) is 1. The lowest BCUT2D eigenvalue weighted by atomic mass is 10.7. The normalized spacial score (nSPS) is 8.11. The Morgan fingerprint density at radius 2 is 2.56 bits per heavy atom. The van der Waals surface area contributed by atoms with Gasteiger partial charge in [0.25, 0.3) is 5.17 Å². The molecular formula is C5H9NO2S. The van der Waals surface area contributed by atoms with E-state index in [1.807, 2.05) is 0 Å². The summed E-state index contributed by atoms with van der Waals surface area (Å²) < 4.78 is 4.62. The number of ether oxygens (including phenoxy) is 1. The zero-order valence-corrected chi connectivity index (χ0v) is 5.78. The van der Waals surface area contributed by atoms with Gasteiger partial charge in [0.15, 0.2) is 0 Å². The molecule has 0 bridgehead atoms. The van der Waals surface area contributed by atoms with Crippen molar-refractivity contribution in [2.75, 3.05) is 13.2 Å². The minimum Gasteiger partial charge on any atom is -0.441 e. The minimum absolute atomic E-state index is 0.0423. The van der Waals surface area contributed by atoms with Crippen molar-refractivity contribution in [3.63, 3.8) is 0 Å². The van der Waals surface area contributed by atoms with Crippen molar-refractivity contribution < 1.29 is 9.84 Å². The van der Waals surface area contributed by atoms with Gasteiger partial charge in [0.1, 0.15) is 0 Å². The van der Waals surface area contributed by atoms with Crippen LogP contribution in [0.1, 0.15) is 0 Å². The lowest BCUT2D eigenvalue weighted by Crippen LogP contribution is -2.25. The average molecular weight is 147 g/mol. The quantitative estimate of drug-likeness (QED) is 0.436. The summed E-state index contributed by atoms with van der Waals surface area (Å²) >= 11 is 4.60. The minimum atomic E-state index is 0.0423. The third kappa shape index (κ3) is 5.26. The monoisotopic (exact) mass is 147 g/mol. The molecule has 0 fully saturated rings. The Hall–Kier alpha value is -0.610. The van der Waals surface area contributed by atoms with Gasteiger partial charge in [-0.15, -0.1) is 0 Å². The van der Waals surface area contributed by atoms with Crippen molar-refractivity contribution in [1.82, 2.24) is 5.32 Å². The Balaban J connectivity index is 3.16. The molecule has 52 valence electrons. The largest absolute Gasteiger partial charge is 0.441 e. The molecule has 0 amide bonds. The molecule has 0 aliphatic carbocycles. The molecule has 3 nitrogen and oxygen atoms in total. The topological polar surface area (TPSA) is 41.5 Å². The van der Waals surface area contributed by atoms with Crippen molar-refractivity contribution >= 4 is 17.4 Å². The van der Waals surface area contributed by atoms with Gasteiger partial charge in [-0.2, -0.15) is 0 Å². The number of hydrogen-bond acceptors (Lipinski definition) is 3. The summed E-state index contributed by atoms with van der Waals surface area (Å²) in [6.07, 6.45) is 1.23. The number of hydrogen-bond donors (Lipinski definition) is 2. The van der Waals surface area contributed by atoms with Crippen LogP contribution < -0.4 is 5.32 Å². The summed E-state index contributed by atoms with van der Waals surface area (Å²) in [5.41, 5.74) is 0. The third-order valence-corrected chi connectivity index (χ3v) is 0.812. The second-order valence-electron chi connectivity index (χ2n) is 1.22. The Morgan fingerprint density at radius 3 is 3.00 bits per heavy atom. The van der Waals surface area contributed by atoms with Crippen LogP contribution in [-0.4, -0.2) is 23.4 Å². The van der Waals surface area contributed by atoms with Gasteiger partial charge in [0, 0.05) is 6.54 Å². The average Bonchev–Trinajstić information content (AvgIpc) is 1.85. The molecule has 0 aromatic rings. The maximum atomic E-state index is 8.28. The molecule has 0 unspecified atom stereocenters. The van der Waals surface area contributed by atoms with E-state index in [1.165, 1.54) is 6.26 Å². The van der Waals surface area contributed by atoms with E-state index in [9.17, 15) is 0 Å². The molecule has 0 aromatic carbocycles. The molecule has 0 saturated heterocycles. The second kappa shape index (κ2) is 5.53. The SMILES string of the molecule is C=COC(=S)NCCO. The molecule has 0 radical (unpaired) electrons. The predicted octanol–water partition coefficient (Wildman–Crippen LogP) is 0.0133. The van der Waals surface area contributed by atoms with Crippen LogP contribution in [0.3, 0.4) is 0 Å². The summed E-state index contributed by atoms with van der Waals surface area (Å²) in [4.78, 5) is 0. The van der Waals surface area contributed by atoms with Crippen LogP contribution in [0.15, 0.2) is 12.8 Å². The first kappa shape index (κ1) is 8.39. The van der Waals surface area contributed by atoms with Crippen LogP contribution >= 0.6 is 12.2 Å². The molecule has 9 heavy (non-hydrogen) atoms. The van der Waals surface area contributed by atoms with Crippen molar-refractivity contribution in [3.05, 3.63) is 12.8 Å². The smallest absolute Gasteiger partial charge is 0.261 e. The molecule has 4 heteroatoms. The van der Waals surface area contributed by atoms with Crippen molar-refractivity contribution in [3.8, 4) is 0 Å². The van der Waals surface area contributed by atoms with E-state index >= 15 is 0 Å². The fourth-order valence-electron chi connectivity index (χ4n) is 0.275. The van der Waals surface area contributed by atoms with Gasteiger partial charge in [0.2, 0.25) is 0 Å². The standard InChI is InChI=1S/C5H9NO2S/c1-2-8-5(9)6-3-4-7/h2,7H,1,3-4H2,(H,6,9). The summed E-state index contributed by atoms with van der Waals surface area (Å²) in [5.74, 6) is 0. The summed E-state index contributed by atoms with van der Waals surface area (Å²) in [6.45, 7) is 3.75. The van der Waals surface area contributed by atoms with Gasteiger partial charge >= 0.3 is 0 Å². The Kier molecular flexibility index (Phi) is 5.15. The van der Waals surface area contributed by atoms with Gasteiger partial charge < -0.3 is 15.2 Å². The van der Waals surface area contributed by atoms with E-state index in [-0.39, 0.29) is 11.8 Å². The third-order valence-electron chi connectivity index (χ3n) is 0.572. The molecule has 0 heterocycles. The maximum Gasteiger partial charge on any atom is 0.261 e. The van der Waals surface area contributed by atoms with Gasteiger partial charge in [-0.25, -0.2) is 0 Å². The molecule has 0 atom stereocenters. The molecule has 0 aromatic heterocycles. The number of rotatable bonds is 3. The highest BCUT2D eigenvalue weighted by Gasteiger charge is 1.88. The molecule has 0 saturated carbocycles. The first-order valence-electron chi connectivity index (χ1n) is 2.47. The second-order valence-corrected chi connectivity index (χ2v) is 1.59. The first-order chi connectivity index (χ1) is 4.31. The van der Waals surface area contributed by atoms with Gasteiger partial charge in [-0.1, -0.05) is 6.58 Å². The van der Waals surface area contributed by atoms with E-state index in [4.69, 9.17) is 5.11 Å². The van der Waals surface area contributed by atoms with Crippen LogP contribution in [0.2, 0.25) is 0 Å². The lowest BCUT2D eigenvalue weighted by molar-refractivity contribution is 0.296. The van der Waals surface area contributed by atoms with Crippen LogP contribution in [0.4, 0.5) is 0 Å². The number of aliphatic hydroxyl groups is 1. The molecule has 2 N–H and O–H groups in total. The van der Waals surface area contributed by atoms with Crippen LogP contribution in [0.25, 0.3) is 0 Å². The Bertz CT molecular complexity index is 105. The van der Waals surface area contributed by atoms with E-state index in [0.29, 0.717) is 6.54 Å². The Morgan fingerprint density at radius 1 is 1.89 bits per heavy atom. The molecule has 0 spiro atoms. The maximum absolute atomic E-state index is 8.28. The molecular weight excluding hydrogens is 138 g/mol. The zero-order chi connectivity index (χ0) is 7.11.